The average Bonchev–Trinajstić information content (AvgIpc) is 2.57. The van der Waals surface area contributed by atoms with Gasteiger partial charge in [-0.05, 0) is 19.4 Å². The van der Waals surface area contributed by atoms with E-state index in [0.717, 1.165) is 29.1 Å². The third-order valence-corrected chi connectivity index (χ3v) is 2.97. The summed E-state index contributed by atoms with van der Waals surface area (Å²) in [6, 6.07) is 6.22. The summed E-state index contributed by atoms with van der Waals surface area (Å²) < 4.78 is 1.47. The second kappa shape index (κ2) is 4.13. The molecule has 0 saturated heterocycles. The third kappa shape index (κ3) is 1.86. The predicted octanol–water partition coefficient (Wildman–Crippen LogP) is 2.03. The summed E-state index contributed by atoms with van der Waals surface area (Å²) in [6.45, 7) is 6.14. The van der Waals surface area contributed by atoms with Crippen molar-refractivity contribution in [1.29, 1.82) is 0 Å². The molecule has 0 saturated carbocycles. The Morgan fingerprint density at radius 1 is 1.29 bits per heavy atom. The van der Waals surface area contributed by atoms with Crippen LogP contribution >= 0.6 is 0 Å². The minimum absolute atomic E-state index is 0.522. The molecule has 4 N–H and O–H groups in total. The second-order valence-electron chi connectivity index (χ2n) is 4.30. The second-order valence-corrected chi connectivity index (χ2v) is 4.30. The highest BCUT2D eigenvalue weighted by Crippen LogP contribution is 2.28. The molecule has 0 bridgehead atoms. The number of aryl methyl sites for hydroxylation is 3. The highest BCUT2D eigenvalue weighted by molar-refractivity contribution is 5.74. The molecule has 2 rings (SSSR count). The van der Waals surface area contributed by atoms with Crippen molar-refractivity contribution in [3.63, 3.8) is 0 Å². The van der Waals surface area contributed by atoms with E-state index >= 15 is 0 Å². The molecule has 0 fully saturated rings. The number of rotatable bonds is 2. The van der Waals surface area contributed by atoms with Crippen molar-refractivity contribution in [1.82, 2.24) is 9.66 Å². The van der Waals surface area contributed by atoms with Crippen molar-refractivity contribution >= 4 is 5.82 Å². The van der Waals surface area contributed by atoms with Crippen molar-refractivity contribution in [2.75, 3.05) is 11.6 Å². The Labute approximate surface area is 101 Å². The van der Waals surface area contributed by atoms with E-state index in [4.69, 9.17) is 11.6 Å². The highest BCUT2D eigenvalue weighted by Gasteiger charge is 2.14. The van der Waals surface area contributed by atoms with E-state index in [1.54, 1.807) is 0 Å². The van der Waals surface area contributed by atoms with Crippen LogP contribution in [-0.4, -0.2) is 9.66 Å². The summed E-state index contributed by atoms with van der Waals surface area (Å²) in [5.74, 6) is 7.19. The van der Waals surface area contributed by atoms with Gasteiger partial charge in [-0.3, -0.25) is 0 Å². The van der Waals surface area contributed by atoms with Gasteiger partial charge in [0.2, 0.25) is 0 Å². The first kappa shape index (κ1) is 11.5. The summed E-state index contributed by atoms with van der Waals surface area (Å²) >= 11 is 0. The van der Waals surface area contributed by atoms with Crippen molar-refractivity contribution in [2.24, 2.45) is 0 Å². The molecule has 90 valence electrons. The van der Waals surface area contributed by atoms with E-state index in [-0.39, 0.29) is 0 Å². The third-order valence-electron chi connectivity index (χ3n) is 2.97. The summed E-state index contributed by atoms with van der Waals surface area (Å²) in [4.78, 5) is 4.50. The highest BCUT2D eigenvalue weighted by atomic mass is 15.4. The lowest BCUT2D eigenvalue weighted by molar-refractivity contribution is 0.865. The van der Waals surface area contributed by atoms with Crippen LogP contribution in [0.1, 0.15) is 23.9 Å². The van der Waals surface area contributed by atoms with Gasteiger partial charge in [0, 0.05) is 12.0 Å². The van der Waals surface area contributed by atoms with Crippen LogP contribution in [0.2, 0.25) is 0 Å². The fourth-order valence-electron chi connectivity index (χ4n) is 2.02. The number of hydrogen-bond donors (Lipinski definition) is 2. The molecule has 4 heteroatoms. The number of nitrogens with two attached hydrogens (primary N) is 2. The predicted molar refractivity (Wildman–Crippen MR) is 71.1 cm³/mol. The van der Waals surface area contributed by atoms with E-state index in [9.17, 15) is 0 Å². The van der Waals surface area contributed by atoms with Crippen LogP contribution in [-0.2, 0) is 6.42 Å². The SMILES string of the molecule is CCc1nc(-c2ccc(C)cc2C)c(N)n1N. The van der Waals surface area contributed by atoms with E-state index < -0.39 is 0 Å². The molecule has 0 unspecified atom stereocenters. The standard InChI is InChI=1S/C13H18N4/c1-4-11-16-12(13(14)17(11)15)10-6-5-8(2)7-9(10)3/h5-7H,4,14-15H2,1-3H3. The monoisotopic (exact) mass is 230 g/mol. The lowest BCUT2D eigenvalue weighted by atomic mass is 10.0. The molecular formula is C13H18N4. The Balaban J connectivity index is 2.60. The molecule has 0 aliphatic carbocycles. The minimum Gasteiger partial charge on any atom is -0.382 e. The van der Waals surface area contributed by atoms with Crippen LogP contribution in [0.5, 0.6) is 0 Å². The quantitative estimate of drug-likeness (QED) is 0.775. The van der Waals surface area contributed by atoms with Gasteiger partial charge < -0.3 is 11.6 Å². The number of imidazole rings is 1. The van der Waals surface area contributed by atoms with E-state index in [1.807, 2.05) is 13.0 Å². The number of aromatic nitrogens is 2. The zero-order chi connectivity index (χ0) is 12.6. The van der Waals surface area contributed by atoms with Crippen molar-refractivity contribution < 1.29 is 0 Å². The summed E-state index contributed by atoms with van der Waals surface area (Å²) in [5, 5.41) is 0. The molecule has 1 aromatic carbocycles. The Bertz CT molecular complexity index is 555. The first-order valence-corrected chi connectivity index (χ1v) is 5.74. The Hall–Kier alpha value is -1.97. The van der Waals surface area contributed by atoms with E-state index in [0.29, 0.717) is 5.82 Å². The van der Waals surface area contributed by atoms with Gasteiger partial charge >= 0.3 is 0 Å². The lowest BCUT2D eigenvalue weighted by Gasteiger charge is -2.05. The molecule has 0 aliphatic heterocycles. The molecule has 4 nitrogen and oxygen atoms in total. The smallest absolute Gasteiger partial charge is 0.150 e. The molecule has 0 amide bonds. The summed E-state index contributed by atoms with van der Waals surface area (Å²) in [6.07, 6.45) is 0.769. The molecular weight excluding hydrogens is 212 g/mol. The van der Waals surface area contributed by atoms with Crippen LogP contribution in [0.15, 0.2) is 18.2 Å². The Kier molecular flexibility index (Phi) is 2.79. The maximum atomic E-state index is 5.99. The summed E-state index contributed by atoms with van der Waals surface area (Å²) in [7, 11) is 0. The maximum absolute atomic E-state index is 5.99. The molecule has 1 heterocycles. The summed E-state index contributed by atoms with van der Waals surface area (Å²) in [5.41, 5.74) is 10.2. The molecule has 0 radical (unpaired) electrons. The number of anilines is 1. The average molecular weight is 230 g/mol. The Morgan fingerprint density at radius 3 is 2.53 bits per heavy atom. The van der Waals surface area contributed by atoms with Gasteiger partial charge in [-0.2, -0.15) is 0 Å². The first-order chi connectivity index (χ1) is 8.04. The van der Waals surface area contributed by atoms with Gasteiger partial charge in [0.25, 0.3) is 0 Å². The molecule has 1 aromatic heterocycles. The van der Waals surface area contributed by atoms with Gasteiger partial charge in [0.1, 0.15) is 11.5 Å². The largest absolute Gasteiger partial charge is 0.382 e. The first-order valence-electron chi connectivity index (χ1n) is 5.74. The zero-order valence-corrected chi connectivity index (χ0v) is 10.5. The number of benzene rings is 1. The molecule has 2 aromatic rings. The fourth-order valence-corrected chi connectivity index (χ4v) is 2.02. The zero-order valence-electron chi connectivity index (χ0n) is 10.5. The van der Waals surface area contributed by atoms with Crippen LogP contribution in [0.4, 0.5) is 5.82 Å². The maximum Gasteiger partial charge on any atom is 0.150 e. The molecule has 17 heavy (non-hydrogen) atoms. The fraction of sp³-hybridized carbons (Fsp3) is 0.308. The molecule has 0 atom stereocenters. The molecule has 0 spiro atoms. The van der Waals surface area contributed by atoms with E-state index in [2.05, 4.69) is 31.0 Å². The normalized spacial score (nSPS) is 10.8. The van der Waals surface area contributed by atoms with Crippen molar-refractivity contribution in [3.05, 3.63) is 35.2 Å². The van der Waals surface area contributed by atoms with Gasteiger partial charge in [0.15, 0.2) is 5.82 Å². The van der Waals surface area contributed by atoms with E-state index in [1.165, 1.54) is 10.2 Å². The molecule has 0 aliphatic rings. The van der Waals surface area contributed by atoms with Gasteiger partial charge in [-0.25, -0.2) is 9.66 Å². The van der Waals surface area contributed by atoms with Gasteiger partial charge in [-0.1, -0.05) is 30.7 Å². The van der Waals surface area contributed by atoms with Crippen LogP contribution in [0, 0.1) is 13.8 Å². The van der Waals surface area contributed by atoms with Crippen LogP contribution < -0.4 is 11.6 Å². The van der Waals surface area contributed by atoms with Crippen molar-refractivity contribution in [2.45, 2.75) is 27.2 Å². The number of hydrogen-bond acceptors (Lipinski definition) is 3. The lowest BCUT2D eigenvalue weighted by Crippen LogP contribution is -2.14. The van der Waals surface area contributed by atoms with Gasteiger partial charge in [-0.15, -0.1) is 0 Å². The van der Waals surface area contributed by atoms with Crippen molar-refractivity contribution in [3.8, 4) is 11.3 Å². The Morgan fingerprint density at radius 2 is 2.00 bits per heavy atom. The van der Waals surface area contributed by atoms with Crippen LogP contribution in [0.3, 0.4) is 0 Å². The topological polar surface area (TPSA) is 69.9 Å². The number of nitrogen functional groups attached to an aromatic ring is 2. The van der Waals surface area contributed by atoms with Gasteiger partial charge in [0.05, 0.1) is 0 Å². The number of nitrogens with zero attached hydrogens (tertiary/aromatic N) is 2. The van der Waals surface area contributed by atoms with Crippen LogP contribution in [0.25, 0.3) is 11.3 Å². The minimum atomic E-state index is 0.522.